The summed E-state index contributed by atoms with van der Waals surface area (Å²) in [6.45, 7) is 1.78. The summed E-state index contributed by atoms with van der Waals surface area (Å²) in [5, 5.41) is 11.9. The molecular formula is C14H21NO5. The van der Waals surface area contributed by atoms with Crippen molar-refractivity contribution in [2.24, 2.45) is 0 Å². The lowest BCUT2D eigenvalue weighted by atomic mass is 10.1. The molecule has 0 aliphatic heterocycles. The molecule has 0 saturated heterocycles. The summed E-state index contributed by atoms with van der Waals surface area (Å²) in [5.74, 6) is 0.953. The van der Waals surface area contributed by atoms with Gasteiger partial charge in [0.05, 0.1) is 34.0 Å². The number of aliphatic hydroxyl groups is 1. The fraction of sp³-hybridized carbons (Fsp3) is 0.500. The summed E-state index contributed by atoms with van der Waals surface area (Å²) in [6, 6.07) is 2.86. The summed E-state index contributed by atoms with van der Waals surface area (Å²) in [7, 11) is 4.47. The average Bonchev–Trinajstić information content (AvgIpc) is 2.50. The van der Waals surface area contributed by atoms with Crippen LogP contribution in [-0.2, 0) is 0 Å². The average molecular weight is 283 g/mol. The van der Waals surface area contributed by atoms with Gasteiger partial charge in [-0.25, -0.2) is 0 Å². The first-order valence-corrected chi connectivity index (χ1v) is 6.32. The Morgan fingerprint density at radius 2 is 1.75 bits per heavy atom. The number of nitrogens with one attached hydrogen (secondary N) is 1. The maximum Gasteiger partial charge on any atom is 0.251 e. The normalized spacial score (nSPS) is 11.7. The number of hydrogen-bond acceptors (Lipinski definition) is 5. The van der Waals surface area contributed by atoms with Crippen molar-refractivity contribution in [1.29, 1.82) is 0 Å². The van der Waals surface area contributed by atoms with Gasteiger partial charge in [0, 0.05) is 5.56 Å². The first-order chi connectivity index (χ1) is 9.60. The number of carbonyl (C=O) groups excluding carboxylic acids is 1. The van der Waals surface area contributed by atoms with Gasteiger partial charge >= 0.3 is 0 Å². The molecule has 0 aliphatic carbocycles. The van der Waals surface area contributed by atoms with Crippen molar-refractivity contribution in [3.8, 4) is 17.2 Å². The molecule has 2 N–H and O–H groups in total. The Morgan fingerprint density at radius 3 is 2.10 bits per heavy atom. The van der Waals surface area contributed by atoms with Crippen LogP contribution >= 0.6 is 0 Å². The van der Waals surface area contributed by atoms with Crippen LogP contribution < -0.4 is 19.5 Å². The molecule has 6 nitrogen and oxygen atoms in total. The van der Waals surface area contributed by atoms with Crippen molar-refractivity contribution in [3.05, 3.63) is 17.7 Å². The fourth-order valence-electron chi connectivity index (χ4n) is 1.76. The van der Waals surface area contributed by atoms with Gasteiger partial charge in [0.15, 0.2) is 11.5 Å². The van der Waals surface area contributed by atoms with Gasteiger partial charge in [0.25, 0.3) is 5.91 Å². The van der Waals surface area contributed by atoms with Crippen LogP contribution in [0.3, 0.4) is 0 Å². The Kier molecular flexibility index (Phi) is 6.11. The Morgan fingerprint density at radius 1 is 1.20 bits per heavy atom. The van der Waals surface area contributed by atoms with Crippen LogP contribution in [0.15, 0.2) is 12.1 Å². The number of hydrogen-bond donors (Lipinski definition) is 2. The Hall–Kier alpha value is -1.95. The van der Waals surface area contributed by atoms with Gasteiger partial charge in [-0.1, -0.05) is 6.92 Å². The molecule has 112 valence electrons. The van der Waals surface area contributed by atoms with E-state index in [0.717, 1.165) is 0 Å². The van der Waals surface area contributed by atoms with E-state index in [4.69, 9.17) is 19.3 Å². The summed E-state index contributed by atoms with van der Waals surface area (Å²) in [4.78, 5) is 12.1. The first-order valence-electron chi connectivity index (χ1n) is 6.32. The number of amides is 1. The van der Waals surface area contributed by atoms with Crippen LogP contribution in [0.25, 0.3) is 0 Å². The molecule has 1 aromatic carbocycles. The number of rotatable bonds is 7. The van der Waals surface area contributed by atoms with E-state index in [2.05, 4.69) is 5.32 Å². The molecule has 0 spiro atoms. The molecule has 1 amide bonds. The standard InChI is InChI=1S/C14H21NO5/c1-5-10(8-16)15-14(17)9-6-11(18-2)13(20-4)12(7-9)19-3/h6-7,10,16H,5,8H2,1-4H3,(H,15,17)/t10-/m1/s1. The second-order valence-electron chi connectivity index (χ2n) is 4.18. The highest BCUT2D eigenvalue weighted by Crippen LogP contribution is 2.38. The zero-order valence-electron chi connectivity index (χ0n) is 12.2. The van der Waals surface area contributed by atoms with E-state index in [1.165, 1.54) is 21.3 Å². The highest BCUT2D eigenvalue weighted by Gasteiger charge is 2.18. The zero-order chi connectivity index (χ0) is 15.1. The smallest absolute Gasteiger partial charge is 0.251 e. The van der Waals surface area contributed by atoms with Crippen LogP contribution in [0, 0.1) is 0 Å². The van der Waals surface area contributed by atoms with Gasteiger partial charge in [0.1, 0.15) is 0 Å². The highest BCUT2D eigenvalue weighted by atomic mass is 16.5. The zero-order valence-corrected chi connectivity index (χ0v) is 12.2. The molecule has 20 heavy (non-hydrogen) atoms. The van der Waals surface area contributed by atoms with Gasteiger partial charge in [-0.15, -0.1) is 0 Å². The highest BCUT2D eigenvalue weighted by molar-refractivity contribution is 5.95. The van der Waals surface area contributed by atoms with Crippen LogP contribution in [-0.4, -0.2) is 45.0 Å². The molecule has 0 bridgehead atoms. The SMILES string of the molecule is CC[C@H](CO)NC(=O)c1cc(OC)c(OC)c(OC)c1. The van der Waals surface area contributed by atoms with Crippen molar-refractivity contribution >= 4 is 5.91 Å². The van der Waals surface area contributed by atoms with Crippen LogP contribution in [0.4, 0.5) is 0 Å². The van der Waals surface area contributed by atoms with E-state index < -0.39 is 0 Å². The molecule has 1 atom stereocenters. The van der Waals surface area contributed by atoms with Gasteiger partial charge < -0.3 is 24.6 Å². The van der Waals surface area contributed by atoms with Gasteiger partial charge in [-0.2, -0.15) is 0 Å². The largest absolute Gasteiger partial charge is 0.493 e. The number of carbonyl (C=O) groups is 1. The molecule has 0 radical (unpaired) electrons. The third-order valence-electron chi connectivity index (χ3n) is 2.98. The molecule has 1 aromatic rings. The van der Waals surface area contributed by atoms with Gasteiger partial charge in [-0.3, -0.25) is 4.79 Å². The number of methoxy groups -OCH3 is 3. The fourth-order valence-corrected chi connectivity index (χ4v) is 1.76. The van der Waals surface area contributed by atoms with Crippen molar-refractivity contribution in [3.63, 3.8) is 0 Å². The van der Waals surface area contributed by atoms with Crippen molar-refractivity contribution < 1.29 is 24.1 Å². The van der Waals surface area contributed by atoms with E-state index in [9.17, 15) is 4.79 Å². The summed E-state index contributed by atoms with van der Waals surface area (Å²) >= 11 is 0. The molecule has 1 rings (SSSR count). The minimum absolute atomic E-state index is 0.104. The minimum Gasteiger partial charge on any atom is -0.493 e. The lowest BCUT2D eigenvalue weighted by Gasteiger charge is -2.16. The number of aliphatic hydroxyl groups excluding tert-OH is 1. The van der Waals surface area contributed by atoms with E-state index in [0.29, 0.717) is 29.2 Å². The molecule has 0 unspecified atom stereocenters. The first kappa shape index (κ1) is 16.1. The van der Waals surface area contributed by atoms with E-state index >= 15 is 0 Å². The Labute approximate surface area is 118 Å². The number of benzene rings is 1. The third kappa shape index (κ3) is 3.54. The monoisotopic (exact) mass is 283 g/mol. The van der Waals surface area contributed by atoms with Crippen molar-refractivity contribution in [2.45, 2.75) is 19.4 Å². The summed E-state index contributed by atoms with van der Waals surface area (Å²) in [6.07, 6.45) is 0.646. The Balaban J connectivity index is 3.09. The lowest BCUT2D eigenvalue weighted by Crippen LogP contribution is -2.36. The molecular weight excluding hydrogens is 262 g/mol. The quantitative estimate of drug-likeness (QED) is 0.786. The predicted octanol–water partition coefficient (Wildman–Crippen LogP) is 1.21. The predicted molar refractivity (Wildman–Crippen MR) is 74.7 cm³/mol. The topological polar surface area (TPSA) is 77.0 Å². The molecule has 0 aliphatic rings. The van der Waals surface area contributed by atoms with Crippen molar-refractivity contribution in [1.82, 2.24) is 5.32 Å². The molecule has 6 heteroatoms. The summed E-state index contributed by atoms with van der Waals surface area (Å²) in [5.41, 5.74) is 0.381. The molecule has 0 heterocycles. The van der Waals surface area contributed by atoms with Crippen LogP contribution in [0.1, 0.15) is 23.7 Å². The van der Waals surface area contributed by atoms with E-state index in [1.54, 1.807) is 12.1 Å². The molecule has 0 aromatic heterocycles. The minimum atomic E-state index is -0.301. The lowest BCUT2D eigenvalue weighted by molar-refractivity contribution is 0.0914. The van der Waals surface area contributed by atoms with Gasteiger partial charge in [0.2, 0.25) is 5.75 Å². The van der Waals surface area contributed by atoms with Crippen LogP contribution in [0.5, 0.6) is 17.2 Å². The molecule has 0 saturated carbocycles. The maximum atomic E-state index is 12.1. The maximum absolute atomic E-state index is 12.1. The summed E-state index contributed by atoms with van der Waals surface area (Å²) < 4.78 is 15.6. The second kappa shape index (κ2) is 7.59. The van der Waals surface area contributed by atoms with Crippen molar-refractivity contribution in [2.75, 3.05) is 27.9 Å². The van der Waals surface area contributed by atoms with E-state index in [-0.39, 0.29) is 18.6 Å². The van der Waals surface area contributed by atoms with E-state index in [1.807, 2.05) is 6.92 Å². The second-order valence-corrected chi connectivity index (χ2v) is 4.18. The Bertz CT molecular complexity index is 432. The van der Waals surface area contributed by atoms with Crippen LogP contribution in [0.2, 0.25) is 0 Å². The molecule has 0 fully saturated rings. The number of ether oxygens (including phenoxy) is 3. The van der Waals surface area contributed by atoms with Gasteiger partial charge in [-0.05, 0) is 18.6 Å². The third-order valence-corrected chi connectivity index (χ3v) is 2.98.